The normalized spacial score (nSPS) is 17.5. The average molecular weight is 495 g/mol. The molecule has 1 N–H and O–H groups in total. The van der Waals surface area contributed by atoms with Gasteiger partial charge in [-0.15, -0.1) is 0 Å². The molecule has 0 aromatic heterocycles. The van der Waals surface area contributed by atoms with Crippen molar-refractivity contribution in [3.63, 3.8) is 0 Å². The van der Waals surface area contributed by atoms with Crippen LogP contribution in [0.25, 0.3) is 11.1 Å². The minimum Gasteiger partial charge on any atom is -0.497 e. The van der Waals surface area contributed by atoms with E-state index in [9.17, 15) is 18.4 Å². The van der Waals surface area contributed by atoms with Crippen LogP contribution in [0.3, 0.4) is 0 Å². The summed E-state index contributed by atoms with van der Waals surface area (Å²) in [5.74, 6) is -1.61. The van der Waals surface area contributed by atoms with E-state index in [1.54, 1.807) is 35.2 Å². The maximum Gasteiger partial charge on any atom is 0.254 e. The van der Waals surface area contributed by atoms with Crippen LogP contribution in [0.1, 0.15) is 40.1 Å². The zero-order valence-corrected chi connectivity index (χ0v) is 20.4. The number of carbonyl (C=O) groups excluding carboxylic acids is 2. The predicted molar refractivity (Wildman–Crippen MR) is 132 cm³/mol. The van der Waals surface area contributed by atoms with Crippen molar-refractivity contribution in [2.45, 2.75) is 32.6 Å². The van der Waals surface area contributed by atoms with Gasteiger partial charge < -0.3 is 19.7 Å². The number of nitrogens with one attached hydrogen (secondary N) is 1. The molecule has 188 valence electrons. The third kappa shape index (κ3) is 5.71. The number of halogens is 2. The first-order valence-corrected chi connectivity index (χ1v) is 11.7. The van der Waals surface area contributed by atoms with Crippen molar-refractivity contribution in [1.29, 1.82) is 0 Å². The van der Waals surface area contributed by atoms with Gasteiger partial charge in [0, 0.05) is 36.8 Å². The summed E-state index contributed by atoms with van der Waals surface area (Å²) in [4.78, 5) is 27.1. The van der Waals surface area contributed by atoms with E-state index in [0.717, 1.165) is 11.6 Å². The topological polar surface area (TPSA) is 67.9 Å². The molecule has 2 amide bonds. The van der Waals surface area contributed by atoms with Crippen LogP contribution in [-0.2, 0) is 11.3 Å². The molecule has 2 atom stereocenters. The Hall–Kier alpha value is -3.78. The van der Waals surface area contributed by atoms with E-state index in [4.69, 9.17) is 9.47 Å². The maximum atomic E-state index is 14.7. The molecule has 2 unspecified atom stereocenters. The number of morpholine rings is 1. The first kappa shape index (κ1) is 25.3. The minimum absolute atomic E-state index is 0.0168. The first-order chi connectivity index (χ1) is 17.2. The number of methoxy groups -OCH3 is 1. The van der Waals surface area contributed by atoms with E-state index in [0.29, 0.717) is 30.0 Å². The maximum absolute atomic E-state index is 14.7. The van der Waals surface area contributed by atoms with Gasteiger partial charge in [-0.05, 0) is 61.4 Å². The van der Waals surface area contributed by atoms with Crippen LogP contribution in [0.15, 0.2) is 60.7 Å². The van der Waals surface area contributed by atoms with Crippen molar-refractivity contribution in [2.24, 2.45) is 0 Å². The lowest BCUT2D eigenvalue weighted by molar-refractivity contribution is -0.0586. The van der Waals surface area contributed by atoms with Crippen LogP contribution in [0, 0.1) is 11.6 Å². The van der Waals surface area contributed by atoms with Crippen LogP contribution in [-0.4, -0.2) is 49.1 Å². The fourth-order valence-electron chi connectivity index (χ4n) is 4.29. The van der Waals surface area contributed by atoms with Gasteiger partial charge in [0.05, 0.1) is 24.9 Å². The standard InChI is InChI=1S/C28H28F2N2O4/c1-17-15-32(16-18(2)36-17)28(34)20-6-4-19(5-7-20)14-31-27(33)24-10-8-21(12-25(24)29)23-11-9-22(35-3)13-26(23)30/h4-13,17-18H,14-16H2,1-3H3,(H,31,33). The van der Waals surface area contributed by atoms with Gasteiger partial charge in [-0.25, -0.2) is 8.78 Å². The summed E-state index contributed by atoms with van der Waals surface area (Å²) in [6, 6.07) is 15.2. The molecule has 1 fully saturated rings. The lowest BCUT2D eigenvalue weighted by Gasteiger charge is -2.35. The molecule has 0 spiro atoms. The molecule has 0 aliphatic carbocycles. The van der Waals surface area contributed by atoms with Gasteiger partial charge in [-0.3, -0.25) is 9.59 Å². The van der Waals surface area contributed by atoms with Crippen molar-refractivity contribution in [3.8, 4) is 16.9 Å². The van der Waals surface area contributed by atoms with Gasteiger partial charge in [-0.1, -0.05) is 18.2 Å². The molecule has 4 rings (SSSR count). The van der Waals surface area contributed by atoms with E-state index >= 15 is 0 Å². The second-order valence-electron chi connectivity index (χ2n) is 8.89. The van der Waals surface area contributed by atoms with Gasteiger partial charge in [0.1, 0.15) is 17.4 Å². The summed E-state index contributed by atoms with van der Waals surface area (Å²) in [5.41, 5.74) is 1.69. The summed E-state index contributed by atoms with van der Waals surface area (Å²) in [7, 11) is 1.43. The Bertz CT molecular complexity index is 1250. The zero-order chi connectivity index (χ0) is 25.8. The Morgan fingerprint density at radius 3 is 2.28 bits per heavy atom. The number of hydrogen-bond donors (Lipinski definition) is 1. The van der Waals surface area contributed by atoms with E-state index in [-0.39, 0.29) is 35.8 Å². The Balaban J connectivity index is 1.38. The van der Waals surface area contributed by atoms with Gasteiger partial charge in [0.15, 0.2) is 0 Å². The van der Waals surface area contributed by atoms with Gasteiger partial charge in [-0.2, -0.15) is 0 Å². The largest absolute Gasteiger partial charge is 0.497 e. The van der Waals surface area contributed by atoms with E-state index in [1.807, 2.05) is 13.8 Å². The van der Waals surface area contributed by atoms with Gasteiger partial charge in [0.25, 0.3) is 11.8 Å². The molecule has 0 bridgehead atoms. The summed E-state index contributed by atoms with van der Waals surface area (Å²) in [5, 5.41) is 2.68. The number of rotatable bonds is 6. The van der Waals surface area contributed by atoms with Gasteiger partial charge in [0.2, 0.25) is 0 Å². The summed E-state index contributed by atoms with van der Waals surface area (Å²) in [6.07, 6.45) is -0.0336. The van der Waals surface area contributed by atoms with Crippen LogP contribution < -0.4 is 10.1 Å². The molecule has 1 heterocycles. The third-order valence-electron chi connectivity index (χ3n) is 6.06. The average Bonchev–Trinajstić information content (AvgIpc) is 2.86. The van der Waals surface area contributed by atoms with Crippen LogP contribution >= 0.6 is 0 Å². The molecule has 1 aliphatic heterocycles. The molecule has 6 nitrogen and oxygen atoms in total. The number of benzene rings is 3. The molecular formula is C28H28F2N2O4. The highest BCUT2D eigenvalue weighted by atomic mass is 19.1. The third-order valence-corrected chi connectivity index (χ3v) is 6.06. The molecule has 36 heavy (non-hydrogen) atoms. The number of nitrogens with zero attached hydrogens (tertiary/aromatic N) is 1. The van der Waals surface area contributed by atoms with Crippen molar-refractivity contribution in [2.75, 3.05) is 20.2 Å². The second-order valence-corrected chi connectivity index (χ2v) is 8.89. The highest BCUT2D eigenvalue weighted by molar-refractivity contribution is 5.95. The highest BCUT2D eigenvalue weighted by Crippen LogP contribution is 2.27. The molecule has 0 radical (unpaired) electrons. The molecule has 1 saturated heterocycles. The van der Waals surface area contributed by atoms with Crippen molar-refractivity contribution in [1.82, 2.24) is 10.2 Å². The fourth-order valence-corrected chi connectivity index (χ4v) is 4.29. The predicted octanol–water partition coefficient (Wildman–Crippen LogP) is 4.82. The quantitative estimate of drug-likeness (QED) is 0.534. The summed E-state index contributed by atoms with van der Waals surface area (Å²) < 4.78 is 39.7. The summed E-state index contributed by atoms with van der Waals surface area (Å²) >= 11 is 0. The van der Waals surface area contributed by atoms with Crippen LogP contribution in [0.2, 0.25) is 0 Å². The number of hydrogen-bond acceptors (Lipinski definition) is 4. The Morgan fingerprint density at radius 1 is 0.972 bits per heavy atom. The number of amides is 2. The lowest BCUT2D eigenvalue weighted by atomic mass is 10.0. The van der Waals surface area contributed by atoms with Crippen LogP contribution in [0.4, 0.5) is 8.78 Å². The Labute approximate surface area is 208 Å². The fraction of sp³-hybridized carbons (Fsp3) is 0.286. The SMILES string of the molecule is COc1ccc(-c2ccc(C(=O)NCc3ccc(C(=O)N4CC(C)OC(C)C4)cc3)c(F)c2)c(F)c1. The zero-order valence-electron chi connectivity index (χ0n) is 20.4. The Kier molecular flexibility index (Phi) is 7.64. The number of ether oxygens (including phenoxy) is 2. The summed E-state index contributed by atoms with van der Waals surface area (Å²) in [6.45, 7) is 5.12. The smallest absolute Gasteiger partial charge is 0.254 e. The molecule has 0 saturated carbocycles. The van der Waals surface area contributed by atoms with Crippen molar-refractivity contribution >= 4 is 11.8 Å². The van der Waals surface area contributed by atoms with Gasteiger partial charge >= 0.3 is 0 Å². The number of carbonyl (C=O) groups is 2. The molecule has 8 heteroatoms. The van der Waals surface area contributed by atoms with Crippen molar-refractivity contribution in [3.05, 3.63) is 89.0 Å². The Morgan fingerprint density at radius 2 is 1.67 bits per heavy atom. The first-order valence-electron chi connectivity index (χ1n) is 11.7. The molecule has 1 aliphatic rings. The van der Waals surface area contributed by atoms with E-state index in [1.165, 1.54) is 31.4 Å². The lowest BCUT2D eigenvalue weighted by Crippen LogP contribution is -2.48. The highest BCUT2D eigenvalue weighted by Gasteiger charge is 2.26. The van der Waals surface area contributed by atoms with Crippen LogP contribution in [0.5, 0.6) is 5.75 Å². The van der Waals surface area contributed by atoms with E-state index < -0.39 is 17.5 Å². The molecule has 3 aromatic rings. The van der Waals surface area contributed by atoms with Crippen molar-refractivity contribution < 1.29 is 27.8 Å². The molecular weight excluding hydrogens is 466 g/mol. The monoisotopic (exact) mass is 494 g/mol. The molecule has 3 aromatic carbocycles. The second kappa shape index (κ2) is 10.9. The minimum atomic E-state index is -0.755. The van der Waals surface area contributed by atoms with E-state index in [2.05, 4.69) is 5.32 Å².